The Kier molecular flexibility index (Phi) is 2.97. The summed E-state index contributed by atoms with van der Waals surface area (Å²) >= 11 is 6.18. The first kappa shape index (κ1) is 12.5. The number of carbonyl (C=O) groups excluding carboxylic acids is 1. The van der Waals surface area contributed by atoms with Gasteiger partial charge in [-0.05, 0) is 30.9 Å². The molecule has 100 valence electrons. The predicted octanol–water partition coefficient (Wildman–Crippen LogP) is 2.78. The number of amides is 1. The Balaban J connectivity index is 2.03. The fourth-order valence-electron chi connectivity index (χ4n) is 2.72. The van der Waals surface area contributed by atoms with Crippen molar-refractivity contribution >= 4 is 23.0 Å². The van der Waals surface area contributed by atoms with Crippen LogP contribution in [0.3, 0.4) is 0 Å². The van der Waals surface area contributed by atoms with Gasteiger partial charge >= 0.3 is 0 Å². The SMILES string of the molecule is Cc1c(C(=O)N2CCC(C)C2)cn2nccc(Cl)c12. The van der Waals surface area contributed by atoms with Crippen LogP contribution in [-0.4, -0.2) is 33.5 Å². The Morgan fingerprint density at radius 1 is 1.53 bits per heavy atom. The van der Waals surface area contributed by atoms with E-state index < -0.39 is 0 Å². The van der Waals surface area contributed by atoms with Crippen LogP contribution in [0.25, 0.3) is 5.52 Å². The monoisotopic (exact) mass is 277 g/mol. The molecule has 0 spiro atoms. The van der Waals surface area contributed by atoms with Crippen molar-refractivity contribution in [1.29, 1.82) is 0 Å². The minimum absolute atomic E-state index is 0.0865. The molecule has 0 N–H and O–H groups in total. The molecule has 0 aromatic carbocycles. The molecule has 1 unspecified atom stereocenters. The molecule has 0 aliphatic carbocycles. The molecule has 2 aromatic heterocycles. The molecule has 1 aliphatic rings. The van der Waals surface area contributed by atoms with Gasteiger partial charge < -0.3 is 4.90 Å². The molecule has 1 atom stereocenters. The maximum absolute atomic E-state index is 12.5. The van der Waals surface area contributed by atoms with Gasteiger partial charge in [0, 0.05) is 25.5 Å². The molecule has 5 heteroatoms. The molecule has 19 heavy (non-hydrogen) atoms. The smallest absolute Gasteiger partial charge is 0.255 e. The Bertz CT molecular complexity index is 649. The molecular weight excluding hydrogens is 262 g/mol. The van der Waals surface area contributed by atoms with Crippen LogP contribution in [0.4, 0.5) is 0 Å². The van der Waals surface area contributed by atoms with Gasteiger partial charge in [-0.3, -0.25) is 4.79 Å². The number of aromatic nitrogens is 2. The van der Waals surface area contributed by atoms with Crippen molar-refractivity contribution in [2.75, 3.05) is 13.1 Å². The largest absolute Gasteiger partial charge is 0.338 e. The van der Waals surface area contributed by atoms with Gasteiger partial charge in [-0.25, -0.2) is 4.52 Å². The second-order valence-electron chi connectivity index (χ2n) is 5.29. The van der Waals surface area contributed by atoms with Crippen LogP contribution in [0.1, 0.15) is 29.3 Å². The lowest BCUT2D eigenvalue weighted by molar-refractivity contribution is 0.0787. The van der Waals surface area contributed by atoms with Crippen LogP contribution in [-0.2, 0) is 0 Å². The highest BCUT2D eigenvalue weighted by Crippen LogP contribution is 2.26. The lowest BCUT2D eigenvalue weighted by Gasteiger charge is -2.15. The van der Waals surface area contributed by atoms with E-state index in [4.69, 9.17) is 11.6 Å². The van der Waals surface area contributed by atoms with Crippen molar-refractivity contribution in [2.24, 2.45) is 5.92 Å². The van der Waals surface area contributed by atoms with Gasteiger partial charge in [0.15, 0.2) is 0 Å². The molecule has 4 nitrogen and oxygen atoms in total. The molecule has 0 saturated carbocycles. The first-order chi connectivity index (χ1) is 9.08. The minimum Gasteiger partial charge on any atom is -0.338 e. The Morgan fingerprint density at radius 2 is 2.32 bits per heavy atom. The van der Waals surface area contributed by atoms with E-state index >= 15 is 0 Å². The molecule has 1 amide bonds. The Hall–Kier alpha value is -1.55. The quantitative estimate of drug-likeness (QED) is 0.804. The summed E-state index contributed by atoms with van der Waals surface area (Å²) in [5.41, 5.74) is 2.43. The van der Waals surface area contributed by atoms with E-state index in [1.807, 2.05) is 11.8 Å². The number of rotatable bonds is 1. The second-order valence-corrected chi connectivity index (χ2v) is 5.69. The number of nitrogens with zero attached hydrogens (tertiary/aromatic N) is 3. The third kappa shape index (κ3) is 2.00. The summed E-state index contributed by atoms with van der Waals surface area (Å²) in [7, 11) is 0. The number of hydrogen-bond acceptors (Lipinski definition) is 2. The van der Waals surface area contributed by atoms with Crippen LogP contribution in [0.15, 0.2) is 18.5 Å². The van der Waals surface area contributed by atoms with E-state index in [-0.39, 0.29) is 5.91 Å². The van der Waals surface area contributed by atoms with Crippen molar-refractivity contribution < 1.29 is 4.79 Å². The lowest BCUT2D eigenvalue weighted by Crippen LogP contribution is -2.28. The predicted molar refractivity (Wildman–Crippen MR) is 74.6 cm³/mol. The highest BCUT2D eigenvalue weighted by atomic mass is 35.5. The summed E-state index contributed by atoms with van der Waals surface area (Å²) in [6, 6.07) is 1.75. The summed E-state index contributed by atoms with van der Waals surface area (Å²) in [6.07, 6.45) is 4.50. The standard InChI is InChI=1S/C14H16ClN3O/c1-9-4-6-17(7-9)14(19)11-8-18-13(10(11)2)12(15)3-5-16-18/h3,5,8-9H,4,6-7H2,1-2H3. The third-order valence-electron chi connectivity index (χ3n) is 3.82. The molecule has 3 heterocycles. The van der Waals surface area contributed by atoms with Crippen molar-refractivity contribution in [3.05, 3.63) is 34.6 Å². The van der Waals surface area contributed by atoms with Crippen LogP contribution in [0.5, 0.6) is 0 Å². The van der Waals surface area contributed by atoms with Crippen molar-refractivity contribution in [1.82, 2.24) is 14.5 Å². The normalized spacial score (nSPS) is 19.3. The van der Waals surface area contributed by atoms with Gasteiger partial charge in [0.25, 0.3) is 5.91 Å². The topological polar surface area (TPSA) is 37.6 Å². The fourth-order valence-corrected chi connectivity index (χ4v) is 3.00. The summed E-state index contributed by atoms with van der Waals surface area (Å²) < 4.78 is 1.68. The molecule has 0 bridgehead atoms. The second kappa shape index (κ2) is 4.53. The first-order valence-corrected chi connectivity index (χ1v) is 6.87. The summed E-state index contributed by atoms with van der Waals surface area (Å²) in [6.45, 7) is 5.78. The van der Waals surface area contributed by atoms with Crippen LogP contribution in [0.2, 0.25) is 5.02 Å². The molecule has 1 saturated heterocycles. The molecule has 1 aliphatic heterocycles. The van der Waals surface area contributed by atoms with E-state index in [9.17, 15) is 4.79 Å². The van der Waals surface area contributed by atoms with E-state index in [0.717, 1.165) is 30.6 Å². The van der Waals surface area contributed by atoms with Gasteiger partial charge in [-0.15, -0.1) is 0 Å². The molecular formula is C14H16ClN3O. The zero-order chi connectivity index (χ0) is 13.6. The van der Waals surface area contributed by atoms with E-state index in [1.54, 1.807) is 23.0 Å². The van der Waals surface area contributed by atoms with E-state index in [2.05, 4.69) is 12.0 Å². The third-order valence-corrected chi connectivity index (χ3v) is 4.12. The van der Waals surface area contributed by atoms with Gasteiger partial charge in [0.05, 0.1) is 16.1 Å². The maximum atomic E-state index is 12.5. The summed E-state index contributed by atoms with van der Waals surface area (Å²) in [5, 5.41) is 4.84. The maximum Gasteiger partial charge on any atom is 0.255 e. The fraction of sp³-hybridized carbons (Fsp3) is 0.429. The zero-order valence-electron chi connectivity index (χ0n) is 11.1. The molecule has 2 aromatic rings. The van der Waals surface area contributed by atoms with Gasteiger partial charge in [0.2, 0.25) is 0 Å². The number of fused-ring (bicyclic) bond motifs is 1. The van der Waals surface area contributed by atoms with Gasteiger partial charge in [-0.2, -0.15) is 5.10 Å². The van der Waals surface area contributed by atoms with E-state index in [0.29, 0.717) is 16.5 Å². The Morgan fingerprint density at radius 3 is 2.95 bits per heavy atom. The average molecular weight is 278 g/mol. The number of hydrogen-bond donors (Lipinski definition) is 0. The van der Waals surface area contributed by atoms with E-state index in [1.165, 1.54) is 0 Å². The van der Waals surface area contributed by atoms with Crippen molar-refractivity contribution in [2.45, 2.75) is 20.3 Å². The van der Waals surface area contributed by atoms with Crippen LogP contribution < -0.4 is 0 Å². The van der Waals surface area contributed by atoms with Crippen LogP contribution >= 0.6 is 11.6 Å². The van der Waals surface area contributed by atoms with Crippen molar-refractivity contribution in [3.8, 4) is 0 Å². The molecule has 1 fully saturated rings. The highest BCUT2D eigenvalue weighted by molar-refractivity contribution is 6.34. The molecule has 3 rings (SSSR count). The summed E-state index contributed by atoms with van der Waals surface area (Å²) in [4.78, 5) is 14.5. The van der Waals surface area contributed by atoms with Crippen molar-refractivity contribution in [3.63, 3.8) is 0 Å². The lowest BCUT2D eigenvalue weighted by atomic mass is 10.1. The van der Waals surface area contributed by atoms with Crippen LogP contribution in [0, 0.1) is 12.8 Å². The number of carbonyl (C=O) groups is 1. The highest BCUT2D eigenvalue weighted by Gasteiger charge is 2.26. The number of halogens is 1. The van der Waals surface area contributed by atoms with Gasteiger partial charge in [-0.1, -0.05) is 18.5 Å². The minimum atomic E-state index is 0.0865. The number of likely N-dealkylation sites (tertiary alicyclic amines) is 1. The zero-order valence-corrected chi connectivity index (χ0v) is 11.8. The summed E-state index contributed by atoms with van der Waals surface area (Å²) in [5.74, 6) is 0.673. The van der Waals surface area contributed by atoms with Gasteiger partial charge in [0.1, 0.15) is 0 Å². The Labute approximate surface area is 117 Å². The number of aryl methyl sites for hydroxylation is 1. The first-order valence-electron chi connectivity index (χ1n) is 6.49. The molecule has 0 radical (unpaired) electrons. The average Bonchev–Trinajstić information content (AvgIpc) is 2.94.